The third kappa shape index (κ3) is 1.57. The molecular formula is C18H12O3. The Bertz CT molecular complexity index is 769. The van der Waals surface area contributed by atoms with Crippen molar-refractivity contribution in [2.45, 2.75) is 12.3 Å². The van der Waals surface area contributed by atoms with Crippen molar-refractivity contribution in [3.63, 3.8) is 0 Å². The highest BCUT2D eigenvalue weighted by Crippen LogP contribution is 2.43. The maximum absolute atomic E-state index is 12.6. The summed E-state index contributed by atoms with van der Waals surface area (Å²) in [6.07, 6.45) is 0.246. The van der Waals surface area contributed by atoms with Gasteiger partial charge in [-0.15, -0.1) is 0 Å². The Labute approximate surface area is 121 Å². The molecule has 2 aromatic rings. The fourth-order valence-corrected chi connectivity index (χ4v) is 3.52. The zero-order valence-corrected chi connectivity index (χ0v) is 11.2. The molecule has 0 heterocycles. The molecule has 4 rings (SSSR count). The summed E-state index contributed by atoms with van der Waals surface area (Å²) in [5, 5.41) is 0. The van der Waals surface area contributed by atoms with E-state index in [2.05, 4.69) is 0 Å². The van der Waals surface area contributed by atoms with Gasteiger partial charge >= 0.3 is 0 Å². The van der Waals surface area contributed by atoms with Crippen LogP contribution in [0.25, 0.3) is 0 Å². The van der Waals surface area contributed by atoms with Crippen LogP contribution in [0, 0.1) is 5.92 Å². The Kier molecular flexibility index (Phi) is 2.45. The number of benzene rings is 2. The first-order valence-electron chi connectivity index (χ1n) is 6.98. The smallest absolute Gasteiger partial charge is 0.175 e. The van der Waals surface area contributed by atoms with E-state index in [1.54, 1.807) is 30.3 Å². The molecule has 102 valence electrons. The van der Waals surface area contributed by atoms with E-state index in [0.29, 0.717) is 16.7 Å². The van der Waals surface area contributed by atoms with E-state index in [-0.39, 0.29) is 29.7 Å². The number of carbonyl (C=O) groups excluding carboxylic acids is 3. The Morgan fingerprint density at radius 1 is 0.714 bits per heavy atom. The van der Waals surface area contributed by atoms with Gasteiger partial charge in [-0.2, -0.15) is 0 Å². The minimum Gasteiger partial charge on any atom is -0.294 e. The standard InChI is InChI=1S/C18H12O3/c19-15-9-14(10-5-1-2-6-11(10)15)16-17(20)12-7-3-4-8-13(12)18(16)21/h1-8,14,16H,9H2. The Morgan fingerprint density at radius 2 is 1.24 bits per heavy atom. The molecule has 0 fully saturated rings. The van der Waals surface area contributed by atoms with Crippen LogP contribution in [0.3, 0.4) is 0 Å². The summed E-state index contributed by atoms with van der Waals surface area (Å²) in [5.41, 5.74) is 2.47. The Balaban J connectivity index is 1.82. The van der Waals surface area contributed by atoms with Gasteiger partial charge in [0.1, 0.15) is 0 Å². The molecule has 0 aliphatic heterocycles. The molecular weight excluding hydrogens is 264 g/mol. The topological polar surface area (TPSA) is 51.2 Å². The average Bonchev–Trinajstić information content (AvgIpc) is 2.96. The second-order valence-electron chi connectivity index (χ2n) is 5.57. The molecule has 2 aliphatic rings. The number of rotatable bonds is 1. The number of carbonyl (C=O) groups is 3. The van der Waals surface area contributed by atoms with Crippen molar-refractivity contribution >= 4 is 17.3 Å². The van der Waals surface area contributed by atoms with Crippen molar-refractivity contribution in [3.8, 4) is 0 Å². The highest BCUT2D eigenvalue weighted by atomic mass is 16.2. The minimum atomic E-state index is -0.741. The first kappa shape index (κ1) is 12.2. The lowest BCUT2D eigenvalue weighted by molar-refractivity contribution is 0.0810. The van der Waals surface area contributed by atoms with Crippen molar-refractivity contribution in [1.82, 2.24) is 0 Å². The maximum atomic E-state index is 12.6. The van der Waals surface area contributed by atoms with E-state index in [0.717, 1.165) is 5.56 Å². The first-order chi connectivity index (χ1) is 10.2. The second kappa shape index (κ2) is 4.22. The second-order valence-corrected chi connectivity index (χ2v) is 5.57. The van der Waals surface area contributed by atoms with Crippen molar-refractivity contribution in [2.75, 3.05) is 0 Å². The molecule has 3 heteroatoms. The molecule has 1 unspecified atom stereocenters. The Morgan fingerprint density at radius 3 is 1.86 bits per heavy atom. The molecule has 0 bridgehead atoms. The van der Waals surface area contributed by atoms with Crippen LogP contribution in [0.2, 0.25) is 0 Å². The van der Waals surface area contributed by atoms with Crippen molar-refractivity contribution in [1.29, 1.82) is 0 Å². The molecule has 0 amide bonds. The number of ketones is 3. The quantitative estimate of drug-likeness (QED) is 0.752. The SMILES string of the molecule is O=C1CC(C2C(=O)c3ccccc3C2=O)c2ccccc21. The largest absolute Gasteiger partial charge is 0.294 e. The number of hydrogen-bond donors (Lipinski definition) is 0. The summed E-state index contributed by atoms with van der Waals surface area (Å²) in [7, 11) is 0. The average molecular weight is 276 g/mol. The van der Waals surface area contributed by atoms with Crippen LogP contribution in [-0.4, -0.2) is 17.3 Å². The molecule has 0 saturated carbocycles. The van der Waals surface area contributed by atoms with E-state index in [1.807, 2.05) is 18.2 Å². The molecule has 0 spiro atoms. The molecule has 3 nitrogen and oxygen atoms in total. The molecule has 1 atom stereocenters. The monoisotopic (exact) mass is 276 g/mol. The van der Waals surface area contributed by atoms with Crippen LogP contribution in [-0.2, 0) is 0 Å². The van der Waals surface area contributed by atoms with Crippen molar-refractivity contribution in [2.24, 2.45) is 5.92 Å². The van der Waals surface area contributed by atoms with E-state index in [4.69, 9.17) is 0 Å². The summed E-state index contributed by atoms with van der Waals surface area (Å²) in [4.78, 5) is 37.3. The fourth-order valence-electron chi connectivity index (χ4n) is 3.52. The van der Waals surface area contributed by atoms with Gasteiger partial charge in [0.05, 0.1) is 5.92 Å². The number of Topliss-reactive ketones (excluding diaryl/α,β-unsaturated/α-hetero) is 3. The maximum Gasteiger partial charge on any atom is 0.175 e. The van der Waals surface area contributed by atoms with Gasteiger partial charge in [0.2, 0.25) is 0 Å². The zero-order chi connectivity index (χ0) is 14.6. The van der Waals surface area contributed by atoms with E-state index >= 15 is 0 Å². The predicted molar refractivity (Wildman–Crippen MR) is 76.7 cm³/mol. The normalized spacial score (nSPS) is 20.8. The summed E-state index contributed by atoms with van der Waals surface area (Å²) >= 11 is 0. The first-order valence-corrected chi connectivity index (χ1v) is 6.98. The summed E-state index contributed by atoms with van der Waals surface area (Å²) in [6, 6.07) is 14.2. The van der Waals surface area contributed by atoms with Gasteiger partial charge in [-0.1, -0.05) is 48.5 Å². The summed E-state index contributed by atoms with van der Waals surface area (Å²) < 4.78 is 0. The van der Waals surface area contributed by atoms with E-state index in [1.165, 1.54) is 0 Å². The summed E-state index contributed by atoms with van der Waals surface area (Å²) in [5.74, 6) is -1.33. The van der Waals surface area contributed by atoms with Crippen LogP contribution >= 0.6 is 0 Å². The zero-order valence-electron chi connectivity index (χ0n) is 11.2. The number of hydrogen-bond acceptors (Lipinski definition) is 3. The van der Waals surface area contributed by atoms with Gasteiger partial charge < -0.3 is 0 Å². The molecule has 0 aromatic heterocycles. The third-order valence-corrected chi connectivity index (χ3v) is 4.49. The lowest BCUT2D eigenvalue weighted by Crippen LogP contribution is -2.22. The Hall–Kier alpha value is -2.55. The molecule has 0 radical (unpaired) electrons. The van der Waals surface area contributed by atoms with E-state index in [9.17, 15) is 14.4 Å². The molecule has 0 N–H and O–H groups in total. The summed E-state index contributed by atoms with van der Waals surface area (Å²) in [6.45, 7) is 0. The molecule has 2 aliphatic carbocycles. The van der Waals surface area contributed by atoms with Gasteiger partial charge in [-0.25, -0.2) is 0 Å². The third-order valence-electron chi connectivity index (χ3n) is 4.49. The van der Waals surface area contributed by atoms with E-state index < -0.39 is 5.92 Å². The van der Waals surface area contributed by atoms with Crippen LogP contribution in [0.1, 0.15) is 49.0 Å². The van der Waals surface area contributed by atoms with Gasteiger partial charge in [0.15, 0.2) is 17.3 Å². The highest BCUT2D eigenvalue weighted by Gasteiger charge is 2.47. The lowest BCUT2D eigenvalue weighted by atomic mass is 9.84. The van der Waals surface area contributed by atoms with Crippen molar-refractivity contribution in [3.05, 3.63) is 70.8 Å². The van der Waals surface area contributed by atoms with Gasteiger partial charge in [-0.3, -0.25) is 14.4 Å². The van der Waals surface area contributed by atoms with Gasteiger partial charge in [0, 0.05) is 29.0 Å². The minimum absolute atomic E-state index is 0.0205. The highest BCUT2D eigenvalue weighted by molar-refractivity contribution is 6.27. The van der Waals surface area contributed by atoms with Crippen LogP contribution in [0.15, 0.2) is 48.5 Å². The fraction of sp³-hybridized carbons (Fsp3) is 0.167. The molecule has 2 aromatic carbocycles. The van der Waals surface area contributed by atoms with Gasteiger partial charge in [0.25, 0.3) is 0 Å². The van der Waals surface area contributed by atoms with Crippen LogP contribution in [0.4, 0.5) is 0 Å². The van der Waals surface area contributed by atoms with Crippen LogP contribution < -0.4 is 0 Å². The molecule has 21 heavy (non-hydrogen) atoms. The predicted octanol–water partition coefficient (Wildman–Crippen LogP) is 3.05. The van der Waals surface area contributed by atoms with Gasteiger partial charge in [-0.05, 0) is 5.56 Å². The number of fused-ring (bicyclic) bond motifs is 2. The lowest BCUT2D eigenvalue weighted by Gasteiger charge is -2.15. The van der Waals surface area contributed by atoms with Crippen molar-refractivity contribution < 1.29 is 14.4 Å². The molecule has 0 saturated heterocycles. The van der Waals surface area contributed by atoms with Crippen LogP contribution in [0.5, 0.6) is 0 Å².